The molecular weight excluding hydrogens is 368 g/mol. The van der Waals surface area contributed by atoms with Gasteiger partial charge in [-0.25, -0.2) is 9.78 Å². The first kappa shape index (κ1) is 18.8. The van der Waals surface area contributed by atoms with Gasteiger partial charge in [0.15, 0.2) is 0 Å². The topological polar surface area (TPSA) is 79.3 Å². The second-order valence-corrected chi connectivity index (χ2v) is 7.29. The molecule has 0 aliphatic rings. The smallest absolute Gasteiger partial charge is 0.326 e. The Morgan fingerprint density at radius 2 is 2.17 bits per heavy atom. The standard InChI is InChI=1S/C16H17ClN2O3S2/c1-23-7-6-13(16(21)22)19-14(20)8-10-9-24-15(18-10)11-4-2-3-5-12(11)17/h2-5,9,13H,6-8H2,1H3,(H,19,20)(H,21,22)/t13-/m0/s1. The number of carboxylic acids is 1. The summed E-state index contributed by atoms with van der Waals surface area (Å²) in [5.41, 5.74) is 1.42. The van der Waals surface area contributed by atoms with Gasteiger partial charge in [0.1, 0.15) is 11.0 Å². The van der Waals surface area contributed by atoms with Crippen molar-refractivity contribution in [2.24, 2.45) is 0 Å². The predicted octanol–water partition coefficient (Wildman–Crippen LogP) is 3.33. The second kappa shape index (κ2) is 9.05. The molecule has 1 amide bonds. The lowest BCUT2D eigenvalue weighted by Crippen LogP contribution is -2.41. The molecule has 2 rings (SSSR count). The summed E-state index contributed by atoms with van der Waals surface area (Å²) >= 11 is 9.09. The predicted molar refractivity (Wildman–Crippen MR) is 98.8 cm³/mol. The van der Waals surface area contributed by atoms with Crippen molar-refractivity contribution in [3.63, 3.8) is 0 Å². The Balaban J connectivity index is 2.00. The van der Waals surface area contributed by atoms with E-state index >= 15 is 0 Å². The molecule has 0 bridgehead atoms. The molecule has 0 radical (unpaired) electrons. The largest absolute Gasteiger partial charge is 0.480 e. The zero-order valence-electron chi connectivity index (χ0n) is 13.0. The van der Waals surface area contributed by atoms with E-state index in [1.165, 1.54) is 11.3 Å². The fourth-order valence-corrected chi connectivity index (χ4v) is 3.66. The van der Waals surface area contributed by atoms with E-state index in [4.69, 9.17) is 16.7 Å². The molecule has 0 spiro atoms. The maximum absolute atomic E-state index is 12.1. The van der Waals surface area contributed by atoms with Gasteiger partial charge in [0.25, 0.3) is 0 Å². The number of aromatic nitrogens is 1. The van der Waals surface area contributed by atoms with Crippen molar-refractivity contribution < 1.29 is 14.7 Å². The Kier molecular flexibility index (Phi) is 7.08. The number of hydrogen-bond acceptors (Lipinski definition) is 5. The molecule has 1 aromatic carbocycles. The van der Waals surface area contributed by atoms with Gasteiger partial charge in [-0.15, -0.1) is 11.3 Å². The number of nitrogens with one attached hydrogen (secondary N) is 1. The molecule has 8 heteroatoms. The van der Waals surface area contributed by atoms with Crippen LogP contribution in [0.5, 0.6) is 0 Å². The molecule has 0 saturated carbocycles. The number of benzene rings is 1. The SMILES string of the molecule is CSCC[C@H](NC(=O)Cc1csc(-c2ccccc2Cl)n1)C(=O)O. The van der Waals surface area contributed by atoms with Crippen LogP contribution in [0.2, 0.25) is 5.02 Å². The lowest BCUT2D eigenvalue weighted by molar-refractivity contribution is -0.141. The number of thiazole rings is 1. The van der Waals surface area contributed by atoms with Crippen molar-refractivity contribution in [1.29, 1.82) is 0 Å². The van der Waals surface area contributed by atoms with E-state index in [0.717, 1.165) is 10.6 Å². The summed E-state index contributed by atoms with van der Waals surface area (Å²) in [7, 11) is 0. The number of nitrogens with zero attached hydrogens (tertiary/aromatic N) is 1. The monoisotopic (exact) mass is 384 g/mol. The number of amides is 1. The summed E-state index contributed by atoms with van der Waals surface area (Å²) in [5.74, 6) is -0.697. The number of aliphatic carboxylic acids is 1. The quantitative estimate of drug-likeness (QED) is 0.729. The minimum Gasteiger partial charge on any atom is -0.480 e. The summed E-state index contributed by atoms with van der Waals surface area (Å²) in [5, 5.41) is 14.8. The summed E-state index contributed by atoms with van der Waals surface area (Å²) in [4.78, 5) is 27.6. The van der Waals surface area contributed by atoms with E-state index in [1.54, 1.807) is 23.2 Å². The number of rotatable bonds is 8. The first-order valence-corrected chi connectivity index (χ1v) is 9.86. The Morgan fingerprint density at radius 3 is 2.83 bits per heavy atom. The third kappa shape index (κ3) is 5.22. The van der Waals surface area contributed by atoms with E-state index in [1.807, 2.05) is 24.5 Å². The fraction of sp³-hybridized carbons (Fsp3) is 0.312. The highest BCUT2D eigenvalue weighted by Crippen LogP contribution is 2.30. The molecule has 0 fully saturated rings. The summed E-state index contributed by atoms with van der Waals surface area (Å²) in [6.45, 7) is 0. The van der Waals surface area contributed by atoms with Crippen molar-refractivity contribution in [2.45, 2.75) is 18.9 Å². The van der Waals surface area contributed by atoms with Crippen LogP contribution in [0.25, 0.3) is 10.6 Å². The highest BCUT2D eigenvalue weighted by atomic mass is 35.5. The lowest BCUT2D eigenvalue weighted by atomic mass is 10.2. The molecule has 0 unspecified atom stereocenters. The lowest BCUT2D eigenvalue weighted by Gasteiger charge is -2.13. The Morgan fingerprint density at radius 1 is 1.42 bits per heavy atom. The highest BCUT2D eigenvalue weighted by Gasteiger charge is 2.20. The van der Waals surface area contributed by atoms with Crippen LogP contribution in [-0.2, 0) is 16.0 Å². The van der Waals surface area contributed by atoms with Gasteiger partial charge in [-0.3, -0.25) is 4.79 Å². The number of carbonyl (C=O) groups is 2. The van der Waals surface area contributed by atoms with Crippen molar-refractivity contribution in [3.05, 3.63) is 40.4 Å². The summed E-state index contributed by atoms with van der Waals surface area (Å²) < 4.78 is 0. The Labute approximate surface area is 153 Å². The van der Waals surface area contributed by atoms with Crippen LogP contribution in [0.3, 0.4) is 0 Å². The zero-order valence-corrected chi connectivity index (χ0v) is 15.4. The molecule has 0 aliphatic carbocycles. The highest BCUT2D eigenvalue weighted by molar-refractivity contribution is 7.98. The average molecular weight is 385 g/mol. The number of thioether (sulfide) groups is 1. The minimum absolute atomic E-state index is 0.0456. The zero-order chi connectivity index (χ0) is 17.5. The van der Waals surface area contributed by atoms with Gasteiger partial charge in [0.05, 0.1) is 17.1 Å². The van der Waals surface area contributed by atoms with Crippen LogP contribution in [0.15, 0.2) is 29.6 Å². The van der Waals surface area contributed by atoms with Gasteiger partial charge in [-0.1, -0.05) is 29.8 Å². The van der Waals surface area contributed by atoms with Crippen LogP contribution in [0, 0.1) is 0 Å². The van der Waals surface area contributed by atoms with Crippen LogP contribution in [0.4, 0.5) is 0 Å². The second-order valence-electron chi connectivity index (χ2n) is 5.04. The normalized spacial score (nSPS) is 11.9. The summed E-state index contributed by atoms with van der Waals surface area (Å²) in [6, 6.07) is 6.50. The molecule has 0 aliphatic heterocycles. The number of carbonyl (C=O) groups excluding carboxylic acids is 1. The van der Waals surface area contributed by atoms with E-state index in [9.17, 15) is 9.59 Å². The molecule has 1 heterocycles. The van der Waals surface area contributed by atoms with Crippen LogP contribution in [-0.4, -0.2) is 40.0 Å². The van der Waals surface area contributed by atoms with Gasteiger partial charge >= 0.3 is 5.97 Å². The van der Waals surface area contributed by atoms with Gasteiger partial charge in [0.2, 0.25) is 5.91 Å². The van der Waals surface area contributed by atoms with Gasteiger partial charge in [0, 0.05) is 10.9 Å². The molecule has 1 aromatic heterocycles. The molecule has 0 saturated heterocycles. The molecule has 5 nitrogen and oxygen atoms in total. The fourth-order valence-electron chi connectivity index (χ4n) is 2.05. The van der Waals surface area contributed by atoms with Gasteiger partial charge in [-0.05, 0) is 24.5 Å². The minimum atomic E-state index is -1.02. The third-order valence-corrected chi connectivity index (χ3v) is 5.14. The van der Waals surface area contributed by atoms with Gasteiger partial charge < -0.3 is 10.4 Å². The first-order chi connectivity index (χ1) is 11.5. The van der Waals surface area contributed by atoms with Gasteiger partial charge in [-0.2, -0.15) is 11.8 Å². The third-order valence-electron chi connectivity index (χ3n) is 3.24. The molecule has 1 atom stereocenters. The Hall–Kier alpha value is -1.57. The van der Waals surface area contributed by atoms with E-state index in [-0.39, 0.29) is 12.3 Å². The van der Waals surface area contributed by atoms with Crippen molar-refractivity contribution in [2.75, 3.05) is 12.0 Å². The molecular formula is C16H17ClN2O3S2. The van der Waals surface area contributed by atoms with E-state index < -0.39 is 12.0 Å². The molecule has 2 aromatic rings. The van der Waals surface area contributed by atoms with Crippen molar-refractivity contribution >= 4 is 46.6 Å². The molecule has 128 valence electrons. The Bertz CT molecular complexity index is 721. The maximum atomic E-state index is 12.1. The van der Waals surface area contributed by atoms with Crippen molar-refractivity contribution in [3.8, 4) is 10.6 Å². The van der Waals surface area contributed by atoms with E-state index in [2.05, 4.69) is 10.3 Å². The van der Waals surface area contributed by atoms with E-state index in [0.29, 0.717) is 22.9 Å². The number of halogens is 1. The van der Waals surface area contributed by atoms with Crippen molar-refractivity contribution in [1.82, 2.24) is 10.3 Å². The molecule has 24 heavy (non-hydrogen) atoms. The van der Waals surface area contributed by atoms with Crippen LogP contribution in [0.1, 0.15) is 12.1 Å². The summed E-state index contributed by atoms with van der Waals surface area (Å²) in [6.07, 6.45) is 2.33. The number of hydrogen-bond donors (Lipinski definition) is 2. The molecule has 2 N–H and O–H groups in total. The first-order valence-electron chi connectivity index (χ1n) is 7.21. The van der Waals surface area contributed by atoms with Crippen LogP contribution < -0.4 is 5.32 Å². The average Bonchev–Trinajstić information content (AvgIpc) is 2.99. The number of carboxylic acid groups (broad SMARTS) is 1. The van der Waals surface area contributed by atoms with Crippen LogP contribution >= 0.6 is 34.7 Å². The maximum Gasteiger partial charge on any atom is 0.326 e.